The predicted molar refractivity (Wildman–Crippen MR) is 86.7 cm³/mol. The summed E-state index contributed by atoms with van der Waals surface area (Å²) >= 11 is 0. The highest BCUT2D eigenvalue weighted by atomic mass is 35.5. The number of benzene rings is 1. The van der Waals surface area contributed by atoms with E-state index in [1.165, 1.54) is 11.1 Å². The Hall–Kier alpha value is -1.30. The molecule has 1 aromatic rings. The number of carbonyl (C=O) groups excluding carboxylic acids is 1. The van der Waals surface area contributed by atoms with Gasteiger partial charge in [0.25, 0.3) is 0 Å². The third-order valence-corrected chi connectivity index (χ3v) is 3.61. The van der Waals surface area contributed by atoms with Crippen molar-refractivity contribution < 1.29 is 19.4 Å². The van der Waals surface area contributed by atoms with Gasteiger partial charge in [0, 0.05) is 12.6 Å². The summed E-state index contributed by atoms with van der Waals surface area (Å²) in [7, 11) is 0. The van der Waals surface area contributed by atoms with Crippen molar-refractivity contribution in [1.29, 1.82) is 0 Å². The molecular weight excluding hydrogens is 306 g/mol. The van der Waals surface area contributed by atoms with E-state index in [2.05, 4.69) is 11.4 Å². The third-order valence-electron chi connectivity index (χ3n) is 3.61. The van der Waals surface area contributed by atoms with E-state index in [1.54, 1.807) is 6.92 Å². The van der Waals surface area contributed by atoms with Crippen LogP contribution < -0.4 is 10.1 Å². The summed E-state index contributed by atoms with van der Waals surface area (Å²) in [6.07, 6.45) is 3.03. The highest BCUT2D eigenvalue weighted by Crippen LogP contribution is 2.25. The largest absolute Gasteiger partial charge is 0.482 e. The molecule has 1 aliphatic rings. The number of esters is 1. The molecule has 124 valence electrons. The number of hydrogen-bond donors (Lipinski definition) is 2. The first kappa shape index (κ1) is 18.7. The Labute approximate surface area is 137 Å². The van der Waals surface area contributed by atoms with Gasteiger partial charge in [0.05, 0.1) is 13.2 Å². The molecule has 0 bridgehead atoms. The van der Waals surface area contributed by atoms with Crippen LogP contribution in [0.4, 0.5) is 0 Å². The number of ether oxygens (including phenoxy) is 2. The van der Waals surface area contributed by atoms with Crippen LogP contribution in [0.5, 0.6) is 5.75 Å². The second kappa shape index (κ2) is 9.66. The molecular formula is C16H24ClNO4. The van der Waals surface area contributed by atoms with Crippen LogP contribution in [0.25, 0.3) is 0 Å². The molecule has 2 rings (SSSR count). The smallest absolute Gasteiger partial charge is 0.344 e. The SMILES string of the molecule is CCOC(=O)COc1ccc2c(c1)CC(NCCO)CC2.Cl. The minimum atomic E-state index is -0.349. The highest BCUT2D eigenvalue weighted by molar-refractivity contribution is 5.85. The maximum atomic E-state index is 11.3. The lowest BCUT2D eigenvalue weighted by Crippen LogP contribution is -2.36. The van der Waals surface area contributed by atoms with Gasteiger partial charge in [-0.2, -0.15) is 0 Å². The van der Waals surface area contributed by atoms with Crippen LogP contribution in [-0.4, -0.2) is 43.5 Å². The van der Waals surface area contributed by atoms with Gasteiger partial charge in [-0.15, -0.1) is 12.4 Å². The van der Waals surface area contributed by atoms with E-state index in [0.717, 1.165) is 19.3 Å². The van der Waals surface area contributed by atoms with Crippen LogP contribution in [0, 0.1) is 0 Å². The lowest BCUT2D eigenvalue weighted by atomic mass is 9.88. The molecule has 1 aromatic carbocycles. The Balaban J connectivity index is 0.00000242. The molecule has 5 nitrogen and oxygen atoms in total. The third kappa shape index (κ3) is 5.48. The number of rotatable bonds is 7. The second-order valence-corrected chi connectivity index (χ2v) is 5.14. The quantitative estimate of drug-likeness (QED) is 0.742. The van der Waals surface area contributed by atoms with E-state index < -0.39 is 0 Å². The van der Waals surface area contributed by atoms with Crippen LogP contribution in [-0.2, 0) is 22.4 Å². The molecule has 0 fully saturated rings. The van der Waals surface area contributed by atoms with Crippen molar-refractivity contribution in [1.82, 2.24) is 5.32 Å². The van der Waals surface area contributed by atoms with Crippen LogP contribution >= 0.6 is 12.4 Å². The summed E-state index contributed by atoms with van der Waals surface area (Å²) in [6, 6.07) is 6.36. The number of halogens is 1. The lowest BCUT2D eigenvalue weighted by Gasteiger charge is -2.25. The summed E-state index contributed by atoms with van der Waals surface area (Å²) in [4.78, 5) is 11.3. The Morgan fingerprint density at radius 1 is 1.41 bits per heavy atom. The summed E-state index contributed by atoms with van der Waals surface area (Å²) in [5.74, 6) is 0.349. The zero-order valence-corrected chi connectivity index (χ0v) is 13.7. The summed E-state index contributed by atoms with van der Waals surface area (Å²) in [5, 5.41) is 12.2. The average Bonchev–Trinajstić information content (AvgIpc) is 2.50. The van der Waals surface area contributed by atoms with E-state index in [-0.39, 0.29) is 31.6 Å². The molecule has 0 aromatic heterocycles. The van der Waals surface area contributed by atoms with Gasteiger partial charge in [-0.25, -0.2) is 4.79 Å². The molecule has 1 atom stereocenters. The van der Waals surface area contributed by atoms with Crippen molar-refractivity contribution >= 4 is 18.4 Å². The molecule has 0 amide bonds. The maximum absolute atomic E-state index is 11.3. The molecule has 6 heteroatoms. The molecule has 0 heterocycles. The first-order valence-electron chi connectivity index (χ1n) is 7.47. The van der Waals surface area contributed by atoms with E-state index in [4.69, 9.17) is 14.6 Å². The van der Waals surface area contributed by atoms with Gasteiger partial charge >= 0.3 is 5.97 Å². The summed E-state index contributed by atoms with van der Waals surface area (Å²) in [5.41, 5.74) is 2.58. The number of aryl methyl sites for hydroxylation is 1. The fourth-order valence-corrected chi connectivity index (χ4v) is 2.61. The van der Waals surface area contributed by atoms with Crippen LogP contribution in [0.3, 0.4) is 0 Å². The van der Waals surface area contributed by atoms with Crippen LogP contribution in [0.15, 0.2) is 18.2 Å². The predicted octanol–water partition coefficient (Wildman–Crippen LogP) is 1.49. The van der Waals surface area contributed by atoms with Gasteiger partial charge in [0.15, 0.2) is 6.61 Å². The van der Waals surface area contributed by atoms with Crippen molar-refractivity contribution in [3.05, 3.63) is 29.3 Å². The molecule has 0 spiro atoms. The first-order chi connectivity index (χ1) is 10.2. The fourth-order valence-electron chi connectivity index (χ4n) is 2.61. The first-order valence-corrected chi connectivity index (χ1v) is 7.47. The zero-order valence-electron chi connectivity index (χ0n) is 12.8. The molecule has 1 aliphatic carbocycles. The molecule has 22 heavy (non-hydrogen) atoms. The lowest BCUT2D eigenvalue weighted by molar-refractivity contribution is -0.145. The average molecular weight is 330 g/mol. The number of fused-ring (bicyclic) bond motifs is 1. The Kier molecular flexibility index (Phi) is 8.24. The summed E-state index contributed by atoms with van der Waals surface area (Å²) < 4.78 is 10.3. The monoisotopic (exact) mass is 329 g/mol. The van der Waals surface area contributed by atoms with Crippen molar-refractivity contribution in [3.63, 3.8) is 0 Å². The zero-order chi connectivity index (χ0) is 15.1. The van der Waals surface area contributed by atoms with Crippen molar-refractivity contribution in [2.75, 3.05) is 26.4 Å². The molecule has 2 N–H and O–H groups in total. The number of nitrogens with one attached hydrogen (secondary N) is 1. The normalized spacial score (nSPS) is 16.4. The van der Waals surface area contributed by atoms with E-state index in [1.807, 2.05) is 12.1 Å². The van der Waals surface area contributed by atoms with Crippen molar-refractivity contribution in [2.24, 2.45) is 0 Å². The van der Waals surface area contributed by atoms with Gasteiger partial charge < -0.3 is 19.9 Å². The van der Waals surface area contributed by atoms with E-state index in [0.29, 0.717) is 24.9 Å². The number of carbonyl (C=O) groups is 1. The maximum Gasteiger partial charge on any atom is 0.344 e. The van der Waals surface area contributed by atoms with Gasteiger partial charge in [-0.1, -0.05) is 6.07 Å². The van der Waals surface area contributed by atoms with Gasteiger partial charge in [0.2, 0.25) is 0 Å². The number of aliphatic hydroxyl groups excluding tert-OH is 1. The van der Waals surface area contributed by atoms with Crippen LogP contribution in [0.1, 0.15) is 24.5 Å². The Bertz CT molecular complexity index is 481. The summed E-state index contributed by atoms with van der Waals surface area (Å²) in [6.45, 7) is 2.87. The number of aliphatic hydroxyl groups is 1. The van der Waals surface area contributed by atoms with E-state index in [9.17, 15) is 4.79 Å². The van der Waals surface area contributed by atoms with E-state index >= 15 is 0 Å². The fraction of sp³-hybridized carbons (Fsp3) is 0.562. The minimum Gasteiger partial charge on any atom is -0.482 e. The topological polar surface area (TPSA) is 67.8 Å². The van der Waals surface area contributed by atoms with Crippen molar-refractivity contribution in [3.8, 4) is 5.75 Å². The standard InChI is InChI=1S/C16H23NO4.ClH/c1-2-20-16(19)11-21-15-6-4-12-3-5-14(17-7-8-18)9-13(12)10-15;/h4,6,10,14,17-18H,2-3,5,7-9,11H2,1H3;1H. The molecule has 0 aliphatic heterocycles. The molecule has 0 radical (unpaired) electrons. The van der Waals surface area contributed by atoms with Crippen LogP contribution in [0.2, 0.25) is 0 Å². The Morgan fingerprint density at radius 3 is 2.95 bits per heavy atom. The molecule has 1 unspecified atom stereocenters. The van der Waals surface area contributed by atoms with Gasteiger partial charge in [-0.3, -0.25) is 0 Å². The minimum absolute atomic E-state index is 0. The second-order valence-electron chi connectivity index (χ2n) is 5.14. The Morgan fingerprint density at radius 2 is 2.23 bits per heavy atom. The molecule has 0 saturated carbocycles. The van der Waals surface area contributed by atoms with Crippen molar-refractivity contribution in [2.45, 2.75) is 32.2 Å². The van der Waals surface area contributed by atoms with Gasteiger partial charge in [0.1, 0.15) is 5.75 Å². The van der Waals surface area contributed by atoms with Gasteiger partial charge in [-0.05, 0) is 49.4 Å². The number of hydrogen-bond acceptors (Lipinski definition) is 5. The highest BCUT2D eigenvalue weighted by Gasteiger charge is 2.18. The molecule has 0 saturated heterocycles.